The fraction of sp³-hybridized carbons (Fsp3) is 0.176. The second-order valence-electron chi connectivity index (χ2n) is 5.41. The van der Waals surface area contributed by atoms with Crippen LogP contribution in [0.3, 0.4) is 0 Å². The minimum atomic E-state index is -0.723. The highest BCUT2D eigenvalue weighted by molar-refractivity contribution is 6.30. The summed E-state index contributed by atoms with van der Waals surface area (Å²) in [5.74, 6) is 0.266. The molecule has 0 N–H and O–H groups in total. The number of ether oxygens (including phenoxy) is 1. The van der Waals surface area contributed by atoms with Crippen molar-refractivity contribution in [1.82, 2.24) is 0 Å². The van der Waals surface area contributed by atoms with Crippen LogP contribution >= 0.6 is 11.6 Å². The zero-order chi connectivity index (χ0) is 14.4. The zero-order valence-corrected chi connectivity index (χ0v) is 11.9. The van der Waals surface area contributed by atoms with Crippen LogP contribution in [-0.2, 0) is 9.53 Å². The summed E-state index contributed by atoms with van der Waals surface area (Å²) in [6.07, 6.45) is 0.698. The van der Waals surface area contributed by atoms with E-state index < -0.39 is 5.54 Å². The molecule has 1 spiro atoms. The lowest BCUT2D eigenvalue weighted by Gasteiger charge is -2.02. The van der Waals surface area contributed by atoms with Gasteiger partial charge < -0.3 is 4.74 Å². The second-order valence-corrected chi connectivity index (χ2v) is 5.84. The number of esters is 1. The Morgan fingerprint density at radius 3 is 2.52 bits per heavy atom. The number of cyclic esters (lactones) is 1. The number of nitrogens with zero attached hydrogens (tertiary/aromatic N) is 1. The maximum absolute atomic E-state index is 12.2. The van der Waals surface area contributed by atoms with Crippen LogP contribution < -0.4 is 0 Å². The third kappa shape index (κ3) is 1.96. The van der Waals surface area contributed by atoms with E-state index >= 15 is 0 Å². The van der Waals surface area contributed by atoms with E-state index in [9.17, 15) is 4.79 Å². The minimum Gasteiger partial charge on any atom is -0.405 e. The normalized spacial score (nSPS) is 26.6. The number of hydrogen-bond donors (Lipinski definition) is 0. The molecule has 2 aromatic carbocycles. The summed E-state index contributed by atoms with van der Waals surface area (Å²) < 4.78 is 5.39. The van der Waals surface area contributed by atoms with Crippen LogP contribution in [0.5, 0.6) is 0 Å². The first kappa shape index (κ1) is 12.6. The van der Waals surface area contributed by atoms with Gasteiger partial charge in [-0.05, 0) is 36.2 Å². The van der Waals surface area contributed by atoms with Crippen molar-refractivity contribution in [1.29, 1.82) is 0 Å². The van der Waals surface area contributed by atoms with E-state index in [1.165, 1.54) is 0 Å². The Balaban J connectivity index is 1.66. The van der Waals surface area contributed by atoms with E-state index in [1.54, 1.807) is 0 Å². The highest BCUT2D eigenvalue weighted by Crippen LogP contribution is 2.57. The molecule has 1 saturated carbocycles. The van der Waals surface area contributed by atoms with Crippen LogP contribution in [0, 0.1) is 0 Å². The first-order chi connectivity index (χ1) is 10.2. The maximum atomic E-state index is 12.2. The lowest BCUT2D eigenvalue weighted by molar-refractivity contribution is -0.136. The van der Waals surface area contributed by atoms with Gasteiger partial charge in [0, 0.05) is 16.5 Å². The fourth-order valence-corrected chi connectivity index (χ4v) is 2.95. The van der Waals surface area contributed by atoms with Crippen LogP contribution in [0.15, 0.2) is 59.6 Å². The smallest absolute Gasteiger partial charge is 0.341 e. The summed E-state index contributed by atoms with van der Waals surface area (Å²) >= 11 is 5.90. The van der Waals surface area contributed by atoms with E-state index in [2.05, 4.69) is 4.99 Å². The van der Waals surface area contributed by atoms with E-state index in [0.29, 0.717) is 17.3 Å². The lowest BCUT2D eigenvalue weighted by atomic mass is 10.1. The Bertz CT molecular complexity index is 739. The molecule has 0 aromatic heterocycles. The summed E-state index contributed by atoms with van der Waals surface area (Å²) in [6.45, 7) is 0. The van der Waals surface area contributed by atoms with Crippen molar-refractivity contribution >= 4 is 23.5 Å². The highest BCUT2D eigenvalue weighted by Gasteiger charge is 2.65. The van der Waals surface area contributed by atoms with Crippen molar-refractivity contribution in [3.8, 4) is 0 Å². The molecule has 21 heavy (non-hydrogen) atoms. The maximum Gasteiger partial charge on any atom is 0.341 e. The third-order valence-electron chi connectivity index (χ3n) is 4.07. The molecule has 2 aliphatic rings. The zero-order valence-electron chi connectivity index (χ0n) is 11.1. The number of carbonyl (C=O) groups is 1. The molecule has 1 heterocycles. The van der Waals surface area contributed by atoms with Crippen LogP contribution in [0.4, 0.5) is 0 Å². The molecule has 4 rings (SSSR count). The minimum absolute atomic E-state index is 0.0866. The topological polar surface area (TPSA) is 38.7 Å². The van der Waals surface area contributed by atoms with Crippen LogP contribution in [0.25, 0.3) is 0 Å². The molecule has 0 saturated heterocycles. The number of benzene rings is 2. The number of rotatable bonds is 2. The van der Waals surface area contributed by atoms with Gasteiger partial charge in [0.05, 0.1) is 0 Å². The van der Waals surface area contributed by atoms with Gasteiger partial charge in [0.2, 0.25) is 5.90 Å². The molecule has 2 atom stereocenters. The molecule has 2 aromatic rings. The number of halogens is 1. The predicted molar refractivity (Wildman–Crippen MR) is 80.6 cm³/mol. The van der Waals surface area contributed by atoms with Crippen molar-refractivity contribution < 1.29 is 9.53 Å². The Hall–Kier alpha value is -2.13. The quantitative estimate of drug-likeness (QED) is 0.795. The first-order valence-corrected chi connectivity index (χ1v) is 7.20. The number of aliphatic imine (C=N–C) groups is 1. The van der Waals surface area contributed by atoms with Crippen LogP contribution in [0.2, 0.25) is 5.02 Å². The molecule has 1 unspecified atom stereocenters. The van der Waals surface area contributed by atoms with Crippen molar-refractivity contribution in [3.63, 3.8) is 0 Å². The Labute approximate surface area is 127 Å². The molecule has 0 amide bonds. The Morgan fingerprint density at radius 1 is 1.10 bits per heavy atom. The van der Waals surface area contributed by atoms with Crippen molar-refractivity contribution in [3.05, 3.63) is 70.7 Å². The summed E-state index contributed by atoms with van der Waals surface area (Å²) in [5.41, 5.74) is 1.19. The van der Waals surface area contributed by atoms with Gasteiger partial charge in [0.1, 0.15) is 0 Å². The number of hydrogen-bond acceptors (Lipinski definition) is 3. The summed E-state index contributed by atoms with van der Waals surface area (Å²) in [6, 6.07) is 17.1. The molecule has 4 heteroatoms. The Kier molecular flexibility index (Phi) is 2.66. The second kappa shape index (κ2) is 4.43. The van der Waals surface area contributed by atoms with E-state index in [-0.39, 0.29) is 11.9 Å². The molecular formula is C17H12ClNO2. The SMILES string of the molecule is O=C1OC(c2ccccc2)=NC12C[C@H]2c1ccc(Cl)cc1. The summed E-state index contributed by atoms with van der Waals surface area (Å²) in [5, 5.41) is 0.691. The standard InChI is InChI=1S/C17H12ClNO2/c18-13-8-6-11(7-9-13)14-10-17(14)16(20)21-15(19-17)12-4-2-1-3-5-12/h1-9,14H,10H2/t14-,17?/m0/s1. The van der Waals surface area contributed by atoms with E-state index in [1.807, 2.05) is 54.6 Å². The largest absolute Gasteiger partial charge is 0.405 e. The highest BCUT2D eigenvalue weighted by atomic mass is 35.5. The van der Waals surface area contributed by atoms with E-state index in [4.69, 9.17) is 16.3 Å². The first-order valence-electron chi connectivity index (χ1n) is 6.82. The van der Waals surface area contributed by atoms with Gasteiger partial charge in [-0.2, -0.15) is 0 Å². The average Bonchev–Trinajstić information content (AvgIpc) is 3.14. The number of carbonyl (C=O) groups excluding carboxylic acids is 1. The molecule has 0 radical (unpaired) electrons. The third-order valence-corrected chi connectivity index (χ3v) is 4.32. The fourth-order valence-electron chi connectivity index (χ4n) is 2.82. The summed E-state index contributed by atoms with van der Waals surface area (Å²) in [4.78, 5) is 16.8. The van der Waals surface area contributed by atoms with Gasteiger partial charge in [0.15, 0.2) is 5.54 Å². The lowest BCUT2D eigenvalue weighted by Crippen LogP contribution is -2.18. The average molecular weight is 298 g/mol. The Morgan fingerprint density at radius 2 is 1.81 bits per heavy atom. The van der Waals surface area contributed by atoms with Crippen LogP contribution in [-0.4, -0.2) is 17.4 Å². The molecule has 104 valence electrons. The van der Waals surface area contributed by atoms with E-state index in [0.717, 1.165) is 11.1 Å². The predicted octanol–water partition coefficient (Wildman–Crippen LogP) is 3.57. The van der Waals surface area contributed by atoms with Crippen molar-refractivity contribution in [2.45, 2.75) is 17.9 Å². The van der Waals surface area contributed by atoms with Gasteiger partial charge in [-0.15, -0.1) is 0 Å². The molecule has 1 aliphatic carbocycles. The van der Waals surface area contributed by atoms with Crippen molar-refractivity contribution in [2.24, 2.45) is 4.99 Å². The van der Waals surface area contributed by atoms with Crippen molar-refractivity contribution in [2.75, 3.05) is 0 Å². The molecule has 1 fully saturated rings. The molecule has 3 nitrogen and oxygen atoms in total. The summed E-state index contributed by atoms with van der Waals surface area (Å²) in [7, 11) is 0. The monoisotopic (exact) mass is 297 g/mol. The molecule has 1 aliphatic heterocycles. The molecule has 0 bridgehead atoms. The molecular weight excluding hydrogens is 286 g/mol. The van der Waals surface area contributed by atoms with Gasteiger partial charge in [0.25, 0.3) is 0 Å². The van der Waals surface area contributed by atoms with Crippen LogP contribution in [0.1, 0.15) is 23.5 Å². The van der Waals surface area contributed by atoms with Gasteiger partial charge in [-0.3, -0.25) is 0 Å². The van der Waals surface area contributed by atoms with Gasteiger partial charge in [-0.25, -0.2) is 9.79 Å². The van der Waals surface area contributed by atoms with Gasteiger partial charge >= 0.3 is 5.97 Å². The van der Waals surface area contributed by atoms with Gasteiger partial charge in [-0.1, -0.05) is 41.9 Å².